The van der Waals surface area contributed by atoms with Gasteiger partial charge in [0.25, 0.3) is 0 Å². The lowest BCUT2D eigenvalue weighted by molar-refractivity contribution is -0.127. The number of amides is 1. The van der Waals surface area contributed by atoms with Gasteiger partial charge in [0.05, 0.1) is 11.8 Å². The highest BCUT2D eigenvalue weighted by Crippen LogP contribution is 2.44. The van der Waals surface area contributed by atoms with Crippen LogP contribution in [0.2, 0.25) is 0 Å². The van der Waals surface area contributed by atoms with Crippen LogP contribution in [-0.2, 0) is 20.6 Å². The molecule has 0 radical (unpaired) electrons. The lowest BCUT2D eigenvalue weighted by Crippen LogP contribution is -2.52. The van der Waals surface area contributed by atoms with Gasteiger partial charge in [0.15, 0.2) is 0 Å². The van der Waals surface area contributed by atoms with Gasteiger partial charge in [-0.25, -0.2) is 17.1 Å². The smallest absolute Gasteiger partial charge is 0.237 e. The molecule has 1 aromatic rings. The van der Waals surface area contributed by atoms with Gasteiger partial charge < -0.3 is 5.32 Å². The third-order valence-corrected chi connectivity index (χ3v) is 7.91. The van der Waals surface area contributed by atoms with E-state index in [1.165, 1.54) is 16.4 Å². The number of hydrogen-bond acceptors (Lipinski definition) is 4. The molecule has 3 fully saturated rings. The first-order valence-corrected chi connectivity index (χ1v) is 10.7. The van der Waals surface area contributed by atoms with Crippen LogP contribution in [0.4, 0.5) is 4.39 Å². The minimum atomic E-state index is -3.54. The van der Waals surface area contributed by atoms with Gasteiger partial charge in [0.2, 0.25) is 15.9 Å². The molecule has 0 saturated carbocycles. The summed E-state index contributed by atoms with van der Waals surface area (Å²) in [5, 5.41) is 2.92. The largest absolute Gasteiger partial charge is 0.353 e. The van der Waals surface area contributed by atoms with Crippen molar-refractivity contribution in [3.8, 4) is 0 Å². The van der Waals surface area contributed by atoms with Crippen LogP contribution in [0.15, 0.2) is 24.3 Å². The molecule has 0 aliphatic carbocycles. The van der Waals surface area contributed by atoms with Crippen LogP contribution in [0.25, 0.3) is 0 Å². The molecule has 6 nitrogen and oxygen atoms in total. The molecule has 8 heteroatoms. The number of hydrogen-bond donors (Lipinski definition) is 1. The van der Waals surface area contributed by atoms with E-state index in [0.29, 0.717) is 19.6 Å². The maximum absolute atomic E-state index is 13.8. The number of benzene rings is 1. The number of nitrogens with one attached hydrogen (secondary N) is 1. The molecule has 4 rings (SSSR count). The fourth-order valence-corrected chi connectivity index (χ4v) is 6.13. The number of piperazine rings is 1. The third-order valence-electron chi connectivity index (χ3n) is 6.08. The first-order chi connectivity index (χ1) is 12.4. The average Bonchev–Trinajstić information content (AvgIpc) is 2.96. The van der Waals surface area contributed by atoms with Crippen molar-refractivity contribution in [1.82, 2.24) is 14.5 Å². The lowest BCUT2D eigenvalue weighted by Gasteiger charge is -2.38. The standard InChI is InChI=1S/C18H24FN3O3S/c19-15-4-2-1-3-14(15)12-26(24,25)22-8-5-18(6-9-22)11-16-17(23)20-7-10-21(16)13-18/h1-4,16H,5-13H2,(H,20,23)/t16-/m0/s1. The number of carbonyl (C=O) groups is 1. The van der Waals surface area contributed by atoms with Crippen LogP contribution in [0.3, 0.4) is 0 Å². The second-order valence-electron chi connectivity index (χ2n) is 7.73. The van der Waals surface area contributed by atoms with Gasteiger partial charge in [-0.3, -0.25) is 9.69 Å². The van der Waals surface area contributed by atoms with Gasteiger partial charge in [-0.15, -0.1) is 0 Å². The molecular weight excluding hydrogens is 357 g/mol. The van der Waals surface area contributed by atoms with E-state index < -0.39 is 15.8 Å². The van der Waals surface area contributed by atoms with Crippen molar-refractivity contribution >= 4 is 15.9 Å². The first-order valence-electron chi connectivity index (χ1n) is 9.12. The van der Waals surface area contributed by atoms with Crippen molar-refractivity contribution in [1.29, 1.82) is 0 Å². The van der Waals surface area contributed by atoms with Crippen molar-refractivity contribution < 1.29 is 17.6 Å². The molecule has 0 unspecified atom stereocenters. The Hall–Kier alpha value is -1.51. The fourth-order valence-electron chi connectivity index (χ4n) is 4.58. The number of rotatable bonds is 3. The van der Waals surface area contributed by atoms with E-state index in [1.807, 2.05) is 0 Å². The summed E-state index contributed by atoms with van der Waals surface area (Å²) < 4.78 is 40.7. The van der Waals surface area contributed by atoms with Gasteiger partial charge in [0, 0.05) is 38.3 Å². The van der Waals surface area contributed by atoms with E-state index in [9.17, 15) is 17.6 Å². The molecule has 3 aliphatic heterocycles. The minimum Gasteiger partial charge on any atom is -0.353 e. The number of piperidine rings is 1. The molecule has 0 aromatic heterocycles. The number of sulfonamides is 1. The number of nitrogens with zero attached hydrogens (tertiary/aromatic N) is 2. The highest BCUT2D eigenvalue weighted by Gasteiger charge is 2.49. The molecule has 1 aromatic carbocycles. The Labute approximate surface area is 153 Å². The van der Waals surface area contributed by atoms with Crippen LogP contribution >= 0.6 is 0 Å². The monoisotopic (exact) mass is 381 g/mol. The van der Waals surface area contributed by atoms with E-state index in [1.54, 1.807) is 12.1 Å². The summed E-state index contributed by atoms with van der Waals surface area (Å²) in [4.78, 5) is 14.3. The Morgan fingerprint density at radius 2 is 1.92 bits per heavy atom. The highest BCUT2D eigenvalue weighted by molar-refractivity contribution is 7.88. The van der Waals surface area contributed by atoms with E-state index >= 15 is 0 Å². The van der Waals surface area contributed by atoms with Crippen LogP contribution in [0.1, 0.15) is 24.8 Å². The zero-order chi connectivity index (χ0) is 18.4. The van der Waals surface area contributed by atoms with Crippen molar-refractivity contribution in [2.75, 3.05) is 32.7 Å². The van der Waals surface area contributed by atoms with Gasteiger partial charge >= 0.3 is 0 Å². The van der Waals surface area contributed by atoms with Crippen LogP contribution in [0.5, 0.6) is 0 Å². The fraction of sp³-hybridized carbons (Fsp3) is 0.611. The molecule has 1 amide bonds. The number of fused-ring (bicyclic) bond motifs is 1. The van der Waals surface area contributed by atoms with Gasteiger partial charge in [0.1, 0.15) is 5.82 Å². The summed E-state index contributed by atoms with van der Waals surface area (Å²) in [5.74, 6) is -0.685. The predicted molar refractivity (Wildman–Crippen MR) is 95.3 cm³/mol. The minimum absolute atomic E-state index is 0.0242. The second-order valence-corrected chi connectivity index (χ2v) is 9.70. The van der Waals surface area contributed by atoms with Crippen molar-refractivity contribution in [2.24, 2.45) is 5.41 Å². The topological polar surface area (TPSA) is 69.7 Å². The molecule has 1 N–H and O–H groups in total. The zero-order valence-corrected chi connectivity index (χ0v) is 15.5. The maximum atomic E-state index is 13.8. The summed E-state index contributed by atoms with van der Waals surface area (Å²) in [6.45, 7) is 3.31. The third kappa shape index (κ3) is 3.25. The van der Waals surface area contributed by atoms with E-state index in [2.05, 4.69) is 10.2 Å². The Balaban J connectivity index is 1.42. The molecule has 1 atom stereocenters. The van der Waals surface area contributed by atoms with E-state index in [4.69, 9.17) is 0 Å². The van der Waals surface area contributed by atoms with Crippen LogP contribution in [-0.4, -0.2) is 62.3 Å². The molecule has 3 aliphatic rings. The molecule has 142 valence electrons. The van der Waals surface area contributed by atoms with Gasteiger partial charge in [-0.1, -0.05) is 18.2 Å². The average molecular weight is 381 g/mol. The Bertz CT molecular complexity index is 806. The van der Waals surface area contributed by atoms with E-state index in [-0.39, 0.29) is 28.7 Å². The van der Waals surface area contributed by atoms with Crippen molar-refractivity contribution in [3.63, 3.8) is 0 Å². The number of carbonyl (C=O) groups excluding carboxylic acids is 1. The zero-order valence-electron chi connectivity index (χ0n) is 14.7. The first kappa shape index (κ1) is 17.9. The summed E-state index contributed by atoms with van der Waals surface area (Å²) in [6.07, 6.45) is 2.31. The van der Waals surface area contributed by atoms with Crippen LogP contribution in [0, 0.1) is 11.2 Å². The second kappa shape index (κ2) is 6.58. The molecule has 3 saturated heterocycles. The lowest BCUT2D eigenvalue weighted by atomic mass is 9.77. The number of halogens is 1. The summed E-state index contributed by atoms with van der Waals surface area (Å²) in [7, 11) is -3.54. The van der Waals surface area contributed by atoms with Crippen LogP contribution < -0.4 is 5.32 Å². The van der Waals surface area contributed by atoms with E-state index in [0.717, 1.165) is 32.4 Å². The molecule has 26 heavy (non-hydrogen) atoms. The summed E-state index contributed by atoms with van der Waals surface area (Å²) in [5.41, 5.74) is 0.235. The highest BCUT2D eigenvalue weighted by atomic mass is 32.2. The Kier molecular flexibility index (Phi) is 4.53. The van der Waals surface area contributed by atoms with Crippen molar-refractivity contribution in [2.45, 2.75) is 31.1 Å². The molecule has 0 bridgehead atoms. The SMILES string of the molecule is O=C1NCCN2CC3(CCN(S(=O)(=O)Cc4ccccc4F)CC3)C[C@@H]12. The Morgan fingerprint density at radius 3 is 2.62 bits per heavy atom. The van der Waals surface area contributed by atoms with Crippen molar-refractivity contribution in [3.05, 3.63) is 35.6 Å². The van der Waals surface area contributed by atoms with Gasteiger partial charge in [-0.05, 0) is 30.7 Å². The van der Waals surface area contributed by atoms with Gasteiger partial charge in [-0.2, -0.15) is 0 Å². The summed E-state index contributed by atoms with van der Waals surface area (Å²) >= 11 is 0. The summed E-state index contributed by atoms with van der Waals surface area (Å²) in [6, 6.07) is 5.95. The molecule has 3 heterocycles. The molecular formula is C18H24FN3O3S. The Morgan fingerprint density at radius 1 is 1.19 bits per heavy atom. The normalized spacial score (nSPS) is 26.7. The quantitative estimate of drug-likeness (QED) is 0.846. The predicted octanol–water partition coefficient (Wildman–Crippen LogP) is 0.942. The maximum Gasteiger partial charge on any atom is 0.237 e. The molecule has 1 spiro atoms.